The van der Waals surface area contributed by atoms with Gasteiger partial charge in [0.1, 0.15) is 6.42 Å². The van der Waals surface area contributed by atoms with Crippen LogP contribution in [0.25, 0.3) is 0 Å². The molecule has 0 aromatic carbocycles. The first-order valence-electron chi connectivity index (χ1n) is 4.47. The van der Waals surface area contributed by atoms with Crippen molar-refractivity contribution in [2.75, 3.05) is 13.2 Å². The normalized spacial score (nSPS) is 9.20. The Morgan fingerprint density at radius 3 is 2.07 bits per heavy atom. The number of hydrogen-bond acceptors (Lipinski definition) is 6. The fourth-order valence-electron chi connectivity index (χ4n) is 0.749. The summed E-state index contributed by atoms with van der Waals surface area (Å²) < 4.78 is 8.92. The van der Waals surface area contributed by atoms with Gasteiger partial charge in [-0.05, 0) is 13.8 Å². The van der Waals surface area contributed by atoms with Gasteiger partial charge in [-0.25, -0.2) is 4.79 Å². The first-order valence-corrected chi connectivity index (χ1v) is 4.47. The minimum Gasteiger partial charge on any atom is -0.466 e. The summed E-state index contributed by atoms with van der Waals surface area (Å²) in [6.07, 6.45) is -0.606. The average Bonchev–Trinajstić information content (AvgIpc) is 2.17. The summed E-state index contributed by atoms with van der Waals surface area (Å²) in [5.74, 6) is -2.67. The third kappa shape index (κ3) is 4.90. The predicted molar refractivity (Wildman–Crippen MR) is 50.6 cm³/mol. The monoisotopic (exact) mass is 215 g/mol. The van der Waals surface area contributed by atoms with Crippen LogP contribution < -0.4 is 0 Å². The summed E-state index contributed by atoms with van der Waals surface area (Å²) >= 11 is 0. The van der Waals surface area contributed by atoms with Crippen LogP contribution in [0.1, 0.15) is 20.3 Å². The van der Waals surface area contributed by atoms with Crippen molar-refractivity contribution >= 4 is 23.4 Å². The molecule has 0 radical (unpaired) electrons. The van der Waals surface area contributed by atoms with Gasteiger partial charge in [0, 0.05) is 0 Å². The van der Waals surface area contributed by atoms with Crippen molar-refractivity contribution in [3.8, 4) is 0 Å². The lowest BCUT2D eigenvalue weighted by Crippen LogP contribution is -2.27. The second kappa shape index (κ2) is 6.69. The molecule has 0 fully saturated rings. The molecular formula is C9H13NO5. The summed E-state index contributed by atoms with van der Waals surface area (Å²) in [6, 6.07) is 0. The summed E-state index contributed by atoms with van der Waals surface area (Å²) in [5.41, 5.74) is -0.829. The maximum absolute atomic E-state index is 11.1. The van der Waals surface area contributed by atoms with E-state index in [1.54, 1.807) is 13.8 Å². The van der Waals surface area contributed by atoms with E-state index in [1.165, 1.54) is 0 Å². The van der Waals surface area contributed by atoms with Crippen molar-refractivity contribution < 1.29 is 23.9 Å². The largest absolute Gasteiger partial charge is 0.466 e. The zero-order valence-electron chi connectivity index (χ0n) is 8.66. The molecular weight excluding hydrogens is 202 g/mol. The Labute approximate surface area is 87.1 Å². The first kappa shape index (κ1) is 13.3. The molecule has 0 aromatic heterocycles. The standard InChI is InChI=1S/C9H13NO5/c1-3-14-7(12)5-6(11)8(10)9(13)15-4-2/h10H,3-5H2,1-2H3. The van der Waals surface area contributed by atoms with Gasteiger partial charge in [-0.2, -0.15) is 0 Å². The lowest BCUT2D eigenvalue weighted by atomic mass is 10.2. The van der Waals surface area contributed by atoms with E-state index in [9.17, 15) is 14.4 Å². The minimum atomic E-state index is -1.02. The van der Waals surface area contributed by atoms with Crippen LogP contribution in [0.5, 0.6) is 0 Å². The van der Waals surface area contributed by atoms with Gasteiger partial charge < -0.3 is 9.47 Å². The SMILES string of the molecule is CCOC(=O)CC(=O)C(=N)C(=O)OCC. The number of hydrogen-bond donors (Lipinski definition) is 1. The fraction of sp³-hybridized carbons (Fsp3) is 0.556. The van der Waals surface area contributed by atoms with Crippen LogP contribution in [-0.2, 0) is 23.9 Å². The van der Waals surface area contributed by atoms with Crippen LogP contribution in [-0.4, -0.2) is 36.6 Å². The average molecular weight is 215 g/mol. The molecule has 0 aliphatic rings. The Morgan fingerprint density at radius 2 is 1.60 bits per heavy atom. The van der Waals surface area contributed by atoms with Gasteiger partial charge in [-0.3, -0.25) is 15.0 Å². The molecule has 6 nitrogen and oxygen atoms in total. The number of carbonyl (C=O) groups excluding carboxylic acids is 3. The maximum atomic E-state index is 11.1. The molecule has 0 aromatic rings. The number of nitrogens with one attached hydrogen (secondary N) is 1. The van der Waals surface area contributed by atoms with E-state index in [0.29, 0.717) is 0 Å². The van der Waals surface area contributed by atoms with E-state index in [0.717, 1.165) is 0 Å². The zero-order valence-corrected chi connectivity index (χ0v) is 8.66. The molecule has 0 unspecified atom stereocenters. The van der Waals surface area contributed by atoms with E-state index >= 15 is 0 Å². The lowest BCUT2D eigenvalue weighted by molar-refractivity contribution is -0.144. The van der Waals surface area contributed by atoms with Crippen LogP contribution in [0.15, 0.2) is 0 Å². The van der Waals surface area contributed by atoms with E-state index in [1.807, 2.05) is 0 Å². The summed E-state index contributed by atoms with van der Waals surface area (Å²) in [7, 11) is 0. The molecule has 0 amide bonds. The fourth-order valence-corrected chi connectivity index (χ4v) is 0.749. The third-order valence-electron chi connectivity index (χ3n) is 1.37. The number of carbonyl (C=O) groups is 3. The highest BCUT2D eigenvalue weighted by Gasteiger charge is 2.22. The highest BCUT2D eigenvalue weighted by atomic mass is 16.5. The Kier molecular flexibility index (Phi) is 5.92. The quantitative estimate of drug-likeness (QED) is 0.385. The Balaban J connectivity index is 4.16. The Bertz CT molecular complexity index is 284. The van der Waals surface area contributed by atoms with Gasteiger partial charge in [-0.15, -0.1) is 0 Å². The molecule has 0 saturated heterocycles. The number of ketones is 1. The number of Topliss-reactive ketones (excluding diaryl/α,β-unsaturated/α-hetero) is 1. The van der Waals surface area contributed by atoms with E-state index in [2.05, 4.69) is 9.47 Å². The van der Waals surface area contributed by atoms with E-state index in [4.69, 9.17) is 5.41 Å². The van der Waals surface area contributed by atoms with Crippen LogP contribution in [0.2, 0.25) is 0 Å². The van der Waals surface area contributed by atoms with Crippen molar-refractivity contribution in [1.29, 1.82) is 5.41 Å². The molecule has 1 N–H and O–H groups in total. The summed E-state index contributed by atoms with van der Waals surface area (Å²) in [4.78, 5) is 32.9. The lowest BCUT2D eigenvalue weighted by Gasteiger charge is -2.02. The molecule has 0 saturated carbocycles. The second-order valence-corrected chi connectivity index (χ2v) is 2.50. The van der Waals surface area contributed by atoms with Crippen molar-refractivity contribution in [3.05, 3.63) is 0 Å². The predicted octanol–water partition coefficient (Wildman–Crippen LogP) is 0.0916. The molecule has 0 aliphatic carbocycles. The van der Waals surface area contributed by atoms with Gasteiger partial charge in [0.15, 0.2) is 11.5 Å². The number of ether oxygens (including phenoxy) is 2. The zero-order chi connectivity index (χ0) is 11.8. The van der Waals surface area contributed by atoms with Crippen molar-refractivity contribution in [1.82, 2.24) is 0 Å². The molecule has 0 spiro atoms. The highest BCUT2D eigenvalue weighted by molar-refractivity contribution is 6.64. The van der Waals surface area contributed by atoms with E-state index in [-0.39, 0.29) is 13.2 Å². The Hall–Kier alpha value is -1.72. The molecule has 15 heavy (non-hydrogen) atoms. The number of rotatable bonds is 6. The van der Waals surface area contributed by atoms with Crippen molar-refractivity contribution in [2.24, 2.45) is 0 Å². The highest BCUT2D eigenvalue weighted by Crippen LogP contribution is 1.93. The molecule has 6 heteroatoms. The third-order valence-corrected chi connectivity index (χ3v) is 1.37. The first-order chi connectivity index (χ1) is 7.02. The topological polar surface area (TPSA) is 93.5 Å². The van der Waals surface area contributed by atoms with Gasteiger partial charge >= 0.3 is 11.9 Å². The van der Waals surface area contributed by atoms with Gasteiger partial charge in [0.2, 0.25) is 0 Å². The van der Waals surface area contributed by atoms with Crippen molar-refractivity contribution in [2.45, 2.75) is 20.3 Å². The smallest absolute Gasteiger partial charge is 0.359 e. The van der Waals surface area contributed by atoms with Crippen LogP contribution in [0.3, 0.4) is 0 Å². The molecule has 0 rings (SSSR count). The molecule has 0 aliphatic heterocycles. The summed E-state index contributed by atoms with van der Waals surface area (Å²) in [5, 5.41) is 7.10. The second-order valence-electron chi connectivity index (χ2n) is 2.50. The van der Waals surface area contributed by atoms with Gasteiger partial charge in [0.25, 0.3) is 0 Å². The molecule has 0 bridgehead atoms. The minimum absolute atomic E-state index is 0.0773. The molecule has 0 heterocycles. The Morgan fingerprint density at radius 1 is 1.07 bits per heavy atom. The summed E-state index contributed by atoms with van der Waals surface area (Å²) in [6.45, 7) is 3.38. The van der Waals surface area contributed by atoms with E-state index < -0.39 is 29.9 Å². The van der Waals surface area contributed by atoms with Gasteiger partial charge in [-0.1, -0.05) is 0 Å². The van der Waals surface area contributed by atoms with Crippen LogP contribution in [0.4, 0.5) is 0 Å². The van der Waals surface area contributed by atoms with Crippen LogP contribution in [0, 0.1) is 5.41 Å². The number of esters is 2. The van der Waals surface area contributed by atoms with Gasteiger partial charge in [0.05, 0.1) is 13.2 Å². The maximum Gasteiger partial charge on any atom is 0.359 e. The van der Waals surface area contributed by atoms with Crippen molar-refractivity contribution in [3.63, 3.8) is 0 Å². The molecule has 84 valence electrons. The molecule has 0 atom stereocenters. The van der Waals surface area contributed by atoms with Crippen LogP contribution >= 0.6 is 0 Å².